The molecule has 1 aliphatic heterocycles. The first-order chi connectivity index (χ1) is 17.9. The molecule has 9 atom stereocenters. The van der Waals surface area contributed by atoms with Crippen LogP contribution >= 0.6 is 0 Å². The Kier molecular flexibility index (Phi) is 6.27. The topological polar surface area (TPSA) is 130 Å². The molecule has 2 fully saturated rings. The van der Waals surface area contributed by atoms with Crippen LogP contribution in [0.2, 0.25) is 0 Å². The maximum atomic E-state index is 14.2. The third-order valence-electron chi connectivity index (χ3n) is 9.70. The van der Waals surface area contributed by atoms with Crippen LogP contribution in [0.15, 0.2) is 53.1 Å². The first-order valence-electron chi connectivity index (χ1n) is 13.2. The number of aliphatic hydroxyl groups is 2. The summed E-state index contributed by atoms with van der Waals surface area (Å²) in [6, 6.07) is 9.27. The average molecular weight is 522 g/mol. The van der Waals surface area contributed by atoms with E-state index in [9.17, 15) is 29.4 Å². The van der Waals surface area contributed by atoms with Crippen LogP contribution in [0.5, 0.6) is 0 Å². The Bertz CT molecular complexity index is 1280. The second kappa shape index (κ2) is 8.99. The zero-order valence-corrected chi connectivity index (χ0v) is 22.4. The summed E-state index contributed by atoms with van der Waals surface area (Å²) in [4.78, 5) is 53.2. The molecule has 8 heteroatoms. The van der Waals surface area contributed by atoms with Gasteiger partial charge < -0.3 is 20.3 Å². The number of carbonyl (C=O) groups excluding carboxylic acids is 4. The summed E-state index contributed by atoms with van der Waals surface area (Å²) in [6.07, 6.45) is -0.336. The van der Waals surface area contributed by atoms with Crippen molar-refractivity contribution in [2.24, 2.45) is 29.1 Å². The lowest BCUT2D eigenvalue weighted by Gasteiger charge is -2.57. The van der Waals surface area contributed by atoms with E-state index in [1.165, 1.54) is 13.8 Å². The lowest BCUT2D eigenvalue weighted by atomic mass is 9.48. The van der Waals surface area contributed by atoms with Crippen molar-refractivity contribution in [3.05, 3.63) is 58.7 Å². The predicted octanol–water partition coefficient (Wildman–Crippen LogP) is 2.07. The van der Waals surface area contributed by atoms with Crippen molar-refractivity contribution < 1.29 is 34.1 Å². The summed E-state index contributed by atoms with van der Waals surface area (Å²) < 4.78 is 5.92. The maximum Gasteiger partial charge on any atom is 0.302 e. The molecule has 1 saturated heterocycles. The van der Waals surface area contributed by atoms with Gasteiger partial charge in [-0.05, 0) is 56.6 Å². The molecule has 0 bridgehead atoms. The summed E-state index contributed by atoms with van der Waals surface area (Å²) in [5, 5.41) is 26.1. The van der Waals surface area contributed by atoms with Gasteiger partial charge in [0.1, 0.15) is 11.5 Å². The van der Waals surface area contributed by atoms with Crippen molar-refractivity contribution in [3.63, 3.8) is 0 Å². The number of carbonyl (C=O) groups is 4. The molecule has 1 aromatic rings. The number of Topliss-reactive ketones (excluding diaryl/α,β-unsaturated/α-hetero) is 2. The first-order valence-corrected chi connectivity index (χ1v) is 13.2. The van der Waals surface area contributed by atoms with Gasteiger partial charge in [-0.15, -0.1) is 0 Å². The Morgan fingerprint density at radius 2 is 1.79 bits per heavy atom. The molecule has 3 N–H and O–H groups in total. The number of nitrogens with one attached hydrogen (secondary N) is 1. The van der Waals surface area contributed by atoms with E-state index in [4.69, 9.17) is 4.74 Å². The van der Waals surface area contributed by atoms with Crippen LogP contribution < -0.4 is 5.32 Å². The molecule has 1 heterocycles. The summed E-state index contributed by atoms with van der Waals surface area (Å²) in [7, 11) is 0. The number of rotatable bonds is 4. The Morgan fingerprint density at radius 1 is 1.13 bits per heavy atom. The lowest BCUT2D eigenvalue weighted by molar-refractivity contribution is -0.211. The van der Waals surface area contributed by atoms with Gasteiger partial charge in [0.2, 0.25) is 5.91 Å². The van der Waals surface area contributed by atoms with E-state index in [-0.39, 0.29) is 17.8 Å². The Labute approximate surface area is 222 Å². The molecule has 1 aromatic carbocycles. The molecule has 202 valence electrons. The first kappa shape index (κ1) is 26.5. The van der Waals surface area contributed by atoms with Crippen molar-refractivity contribution in [1.29, 1.82) is 0 Å². The molecular weight excluding hydrogens is 486 g/mol. The Balaban J connectivity index is 1.74. The van der Waals surface area contributed by atoms with E-state index in [0.29, 0.717) is 12.0 Å². The monoisotopic (exact) mass is 521 g/mol. The Morgan fingerprint density at radius 3 is 2.39 bits per heavy atom. The van der Waals surface area contributed by atoms with Crippen LogP contribution in [0.1, 0.15) is 46.6 Å². The molecular formula is C30H35NO7. The van der Waals surface area contributed by atoms with Crippen LogP contribution in [-0.2, 0) is 30.3 Å². The van der Waals surface area contributed by atoms with Gasteiger partial charge in [0.05, 0.1) is 6.10 Å². The minimum atomic E-state index is -2.07. The highest BCUT2D eigenvalue weighted by molar-refractivity contribution is 6.16. The number of benzene rings is 1. The molecule has 1 amide bonds. The number of hydrogen-bond acceptors (Lipinski definition) is 7. The highest BCUT2D eigenvalue weighted by Crippen LogP contribution is 2.62. The highest BCUT2D eigenvalue weighted by Gasteiger charge is 2.72. The van der Waals surface area contributed by atoms with Crippen LogP contribution in [0, 0.1) is 29.1 Å². The van der Waals surface area contributed by atoms with E-state index in [0.717, 1.165) is 11.1 Å². The van der Waals surface area contributed by atoms with E-state index in [2.05, 4.69) is 5.32 Å². The van der Waals surface area contributed by atoms with Gasteiger partial charge in [0, 0.05) is 30.4 Å². The maximum absolute atomic E-state index is 14.2. The number of hydrogen-bond donors (Lipinski definition) is 3. The quantitative estimate of drug-likeness (QED) is 0.517. The number of aliphatic hydroxyl groups excluding tert-OH is 1. The van der Waals surface area contributed by atoms with Gasteiger partial charge in [-0.1, -0.05) is 48.9 Å². The number of ether oxygens (including phenoxy) is 1. The van der Waals surface area contributed by atoms with Crippen LogP contribution in [0.25, 0.3) is 0 Å². The zero-order valence-electron chi connectivity index (χ0n) is 22.4. The van der Waals surface area contributed by atoms with Crippen molar-refractivity contribution >= 4 is 23.4 Å². The molecule has 38 heavy (non-hydrogen) atoms. The SMILES string of the molecule is CC(=O)O[C@@H]1[C@H]2[C@H](C=C3C(=O)C(C)=C(C)[C@H]4[C@H](Cc5ccccc5)NC(=O)[C@]314)C[C@H](C)[C@@](O)(C(C)=O)[C@@H]2O. The molecule has 1 spiro atoms. The Hall–Kier alpha value is -3.10. The van der Waals surface area contributed by atoms with Gasteiger partial charge >= 0.3 is 5.97 Å². The van der Waals surface area contributed by atoms with Crippen molar-refractivity contribution in [3.8, 4) is 0 Å². The van der Waals surface area contributed by atoms with E-state index >= 15 is 0 Å². The molecule has 3 aliphatic carbocycles. The third-order valence-corrected chi connectivity index (χ3v) is 9.70. The molecule has 8 nitrogen and oxygen atoms in total. The van der Waals surface area contributed by atoms with E-state index < -0.39 is 70.6 Å². The summed E-state index contributed by atoms with van der Waals surface area (Å²) >= 11 is 0. The van der Waals surface area contributed by atoms with Gasteiger partial charge in [-0.3, -0.25) is 19.2 Å². The van der Waals surface area contributed by atoms with E-state index in [1.54, 1.807) is 19.9 Å². The van der Waals surface area contributed by atoms with Crippen molar-refractivity contribution in [2.75, 3.05) is 0 Å². The number of allylic oxidation sites excluding steroid dienone is 2. The molecule has 0 radical (unpaired) electrons. The van der Waals surface area contributed by atoms with Gasteiger partial charge in [0.25, 0.3) is 0 Å². The molecule has 0 unspecified atom stereocenters. The highest BCUT2D eigenvalue weighted by atomic mass is 16.5. The molecule has 5 rings (SSSR count). The third kappa shape index (κ3) is 3.42. The van der Waals surface area contributed by atoms with Crippen LogP contribution in [-0.4, -0.2) is 57.5 Å². The summed E-state index contributed by atoms with van der Waals surface area (Å²) in [6.45, 7) is 7.72. The van der Waals surface area contributed by atoms with Crippen molar-refractivity contribution in [2.45, 2.75) is 71.3 Å². The minimum absolute atomic E-state index is 0.277. The standard InChI is InChI=1S/C30H35NO7/c1-14-11-20-13-21-25(34)16(3)15(2)24-22(12-19-9-7-6-8-10-19)31-28(36)29(21,24)27(38-18(5)33)23(20)26(35)30(14,37)17(4)32/h6-10,13-14,20,22-24,26-27,35,37H,11-12H2,1-5H3,(H,31,36)/t14-,20-,22-,23-,24-,26+,27+,29-,30+/m0/s1. The molecule has 1 saturated carbocycles. The average Bonchev–Trinajstić information content (AvgIpc) is 3.14. The van der Waals surface area contributed by atoms with Gasteiger partial charge in [0.15, 0.2) is 17.2 Å². The lowest BCUT2D eigenvalue weighted by Crippen LogP contribution is -2.69. The van der Waals surface area contributed by atoms with E-state index in [1.807, 2.05) is 37.3 Å². The predicted molar refractivity (Wildman–Crippen MR) is 137 cm³/mol. The number of amides is 1. The number of esters is 1. The fraction of sp³-hybridized carbons (Fsp3) is 0.533. The van der Waals surface area contributed by atoms with Crippen LogP contribution in [0.4, 0.5) is 0 Å². The smallest absolute Gasteiger partial charge is 0.302 e. The molecule has 0 aromatic heterocycles. The number of fused-ring (bicyclic) bond motifs is 1. The van der Waals surface area contributed by atoms with Crippen LogP contribution in [0.3, 0.4) is 0 Å². The fourth-order valence-corrected chi connectivity index (χ4v) is 7.83. The second-order valence-electron chi connectivity index (χ2n) is 11.6. The number of ketones is 2. The normalized spacial score (nSPS) is 40.0. The largest absolute Gasteiger partial charge is 0.461 e. The molecule has 4 aliphatic rings. The minimum Gasteiger partial charge on any atom is -0.461 e. The van der Waals surface area contributed by atoms with Gasteiger partial charge in [-0.2, -0.15) is 0 Å². The zero-order chi connectivity index (χ0) is 27.7. The van der Waals surface area contributed by atoms with Gasteiger partial charge in [-0.25, -0.2) is 0 Å². The van der Waals surface area contributed by atoms with Crippen molar-refractivity contribution in [1.82, 2.24) is 5.32 Å². The second-order valence-corrected chi connectivity index (χ2v) is 11.6. The summed E-state index contributed by atoms with van der Waals surface area (Å²) in [5.74, 6) is -4.59. The fourth-order valence-electron chi connectivity index (χ4n) is 7.83. The summed E-state index contributed by atoms with van der Waals surface area (Å²) in [5.41, 5.74) is -1.11.